The Morgan fingerprint density at radius 1 is 1.30 bits per heavy atom. The summed E-state index contributed by atoms with van der Waals surface area (Å²) >= 11 is 0. The number of nitrogens with zero attached hydrogens (tertiary/aromatic N) is 2. The number of furan rings is 1. The summed E-state index contributed by atoms with van der Waals surface area (Å²) in [5.74, 6) is 0.320. The van der Waals surface area contributed by atoms with Crippen molar-refractivity contribution < 1.29 is 22.8 Å². The lowest BCUT2D eigenvalue weighted by atomic mass is 9.91. The van der Waals surface area contributed by atoms with Crippen LogP contribution in [0.3, 0.4) is 0 Å². The number of carbonyl (C=O) groups is 1. The maximum atomic E-state index is 12.3. The zero-order valence-electron chi connectivity index (χ0n) is 14.2. The van der Waals surface area contributed by atoms with E-state index in [9.17, 15) is 9.36 Å². The standard InChI is InChI=1S/C15H21N2O5P/c1-9-12-14(22-13(9)15(2,3)4)16-7-10(17-12)11(18)8-23(19,20-5)21-6/h7H,8H2,1-6H3. The Morgan fingerprint density at radius 3 is 2.43 bits per heavy atom. The lowest BCUT2D eigenvalue weighted by Gasteiger charge is -2.15. The van der Waals surface area contributed by atoms with Gasteiger partial charge in [-0.15, -0.1) is 0 Å². The van der Waals surface area contributed by atoms with Crippen LogP contribution in [-0.4, -0.2) is 36.1 Å². The van der Waals surface area contributed by atoms with Crippen molar-refractivity contribution in [2.24, 2.45) is 0 Å². The van der Waals surface area contributed by atoms with Crippen molar-refractivity contribution in [2.45, 2.75) is 33.1 Å². The number of hydrogen-bond donors (Lipinski definition) is 0. The summed E-state index contributed by atoms with van der Waals surface area (Å²) < 4.78 is 27.4. The Labute approximate surface area is 134 Å². The first kappa shape index (κ1) is 17.8. The molecule has 0 saturated carbocycles. The molecule has 0 aliphatic heterocycles. The molecule has 0 atom stereocenters. The molecule has 0 saturated heterocycles. The van der Waals surface area contributed by atoms with Gasteiger partial charge in [-0.1, -0.05) is 20.8 Å². The first-order valence-electron chi connectivity index (χ1n) is 7.11. The van der Waals surface area contributed by atoms with Crippen LogP contribution in [0.2, 0.25) is 0 Å². The van der Waals surface area contributed by atoms with Gasteiger partial charge in [0.2, 0.25) is 5.71 Å². The summed E-state index contributed by atoms with van der Waals surface area (Å²) in [4.78, 5) is 20.8. The molecule has 2 aromatic rings. The number of aromatic nitrogens is 2. The highest BCUT2D eigenvalue weighted by atomic mass is 31.2. The van der Waals surface area contributed by atoms with E-state index in [2.05, 4.69) is 9.97 Å². The van der Waals surface area contributed by atoms with Crippen LogP contribution in [0.15, 0.2) is 10.6 Å². The zero-order valence-corrected chi connectivity index (χ0v) is 15.1. The monoisotopic (exact) mass is 340 g/mol. The van der Waals surface area contributed by atoms with Gasteiger partial charge in [-0.25, -0.2) is 9.97 Å². The van der Waals surface area contributed by atoms with Gasteiger partial charge in [-0.2, -0.15) is 0 Å². The Bertz CT molecular complexity index is 783. The molecule has 0 radical (unpaired) electrons. The van der Waals surface area contributed by atoms with Gasteiger partial charge < -0.3 is 13.5 Å². The molecular formula is C15H21N2O5P. The molecule has 0 fully saturated rings. The molecule has 0 N–H and O–H groups in total. The summed E-state index contributed by atoms with van der Waals surface area (Å²) in [5.41, 5.74) is 1.67. The number of rotatable bonds is 5. The van der Waals surface area contributed by atoms with E-state index in [1.165, 1.54) is 20.4 Å². The van der Waals surface area contributed by atoms with Crippen molar-refractivity contribution in [1.29, 1.82) is 0 Å². The van der Waals surface area contributed by atoms with Gasteiger partial charge >= 0.3 is 7.60 Å². The molecule has 0 spiro atoms. The van der Waals surface area contributed by atoms with Gasteiger partial charge in [0.05, 0.1) is 6.20 Å². The predicted molar refractivity (Wildman–Crippen MR) is 86.1 cm³/mol. The van der Waals surface area contributed by atoms with Gasteiger partial charge in [-0.3, -0.25) is 9.36 Å². The fourth-order valence-electron chi connectivity index (χ4n) is 2.29. The summed E-state index contributed by atoms with van der Waals surface area (Å²) in [6, 6.07) is 0. The van der Waals surface area contributed by atoms with E-state index in [0.717, 1.165) is 11.3 Å². The van der Waals surface area contributed by atoms with E-state index >= 15 is 0 Å². The number of ketones is 1. The first-order chi connectivity index (χ1) is 10.6. The number of Topliss-reactive ketones (excluding diaryl/α,β-unsaturated/α-hetero) is 1. The van der Waals surface area contributed by atoms with Crippen molar-refractivity contribution in [3.05, 3.63) is 23.2 Å². The van der Waals surface area contributed by atoms with Gasteiger partial charge in [0.1, 0.15) is 23.1 Å². The highest BCUT2D eigenvalue weighted by Gasteiger charge is 2.29. The van der Waals surface area contributed by atoms with Crippen LogP contribution >= 0.6 is 7.60 Å². The van der Waals surface area contributed by atoms with Crippen molar-refractivity contribution in [3.8, 4) is 0 Å². The van der Waals surface area contributed by atoms with E-state index < -0.39 is 13.4 Å². The number of fused-ring (bicyclic) bond motifs is 1. The molecule has 0 unspecified atom stereocenters. The Hall–Kier alpha value is -1.56. The van der Waals surface area contributed by atoms with E-state index in [1.54, 1.807) is 0 Å². The minimum atomic E-state index is -3.44. The topological polar surface area (TPSA) is 91.5 Å². The molecule has 8 heteroatoms. The number of hydrogen-bond acceptors (Lipinski definition) is 7. The highest BCUT2D eigenvalue weighted by molar-refractivity contribution is 7.54. The lowest BCUT2D eigenvalue weighted by molar-refractivity contribution is 0.100. The van der Waals surface area contributed by atoms with Gasteiger partial charge in [0, 0.05) is 25.2 Å². The fraction of sp³-hybridized carbons (Fsp3) is 0.533. The van der Waals surface area contributed by atoms with Crippen molar-refractivity contribution in [1.82, 2.24) is 9.97 Å². The van der Waals surface area contributed by atoms with Crippen LogP contribution in [-0.2, 0) is 19.0 Å². The third-order valence-electron chi connectivity index (χ3n) is 3.49. The van der Waals surface area contributed by atoms with Crippen LogP contribution in [0, 0.1) is 6.92 Å². The van der Waals surface area contributed by atoms with Gasteiger partial charge in [0.15, 0.2) is 5.78 Å². The molecule has 0 amide bonds. The summed E-state index contributed by atoms with van der Waals surface area (Å²) in [6.07, 6.45) is 0.929. The van der Waals surface area contributed by atoms with Crippen LogP contribution in [0.4, 0.5) is 0 Å². The van der Waals surface area contributed by atoms with E-state index in [1.807, 2.05) is 27.7 Å². The molecular weight excluding hydrogens is 319 g/mol. The molecule has 0 aliphatic rings. The summed E-state index contributed by atoms with van der Waals surface area (Å²) in [6.45, 7) is 7.95. The Kier molecular flexibility index (Phi) is 4.76. The van der Waals surface area contributed by atoms with Crippen molar-refractivity contribution in [2.75, 3.05) is 20.4 Å². The van der Waals surface area contributed by atoms with Crippen LogP contribution in [0.5, 0.6) is 0 Å². The molecule has 0 bridgehead atoms. The van der Waals surface area contributed by atoms with Crippen LogP contribution in [0.25, 0.3) is 11.2 Å². The fourth-order valence-corrected chi connectivity index (χ4v) is 3.21. The quantitative estimate of drug-likeness (QED) is 0.607. The second kappa shape index (κ2) is 6.15. The summed E-state index contributed by atoms with van der Waals surface area (Å²) in [5, 5.41) is 0. The number of aryl methyl sites for hydroxylation is 1. The van der Waals surface area contributed by atoms with Crippen LogP contribution in [0.1, 0.15) is 42.6 Å². The third-order valence-corrected chi connectivity index (χ3v) is 5.28. The van der Waals surface area contributed by atoms with Gasteiger partial charge in [0.25, 0.3) is 0 Å². The SMILES string of the molecule is COP(=O)(CC(=O)c1cnc2oc(C(C)(C)C)c(C)c2n1)OC. The molecule has 126 valence electrons. The molecule has 2 aromatic heterocycles. The maximum Gasteiger partial charge on any atom is 0.337 e. The van der Waals surface area contributed by atoms with Crippen molar-refractivity contribution in [3.63, 3.8) is 0 Å². The highest BCUT2D eigenvalue weighted by Crippen LogP contribution is 2.46. The predicted octanol–water partition coefficient (Wildman–Crippen LogP) is 3.50. The minimum Gasteiger partial charge on any atom is -0.441 e. The minimum absolute atomic E-state index is 0.108. The molecule has 23 heavy (non-hydrogen) atoms. The normalized spacial score (nSPS) is 12.8. The average molecular weight is 340 g/mol. The second-order valence-electron chi connectivity index (χ2n) is 6.27. The third kappa shape index (κ3) is 3.52. The second-order valence-corrected chi connectivity index (χ2v) is 8.54. The van der Waals surface area contributed by atoms with E-state index in [4.69, 9.17) is 13.5 Å². The first-order valence-corrected chi connectivity index (χ1v) is 8.84. The Morgan fingerprint density at radius 2 is 1.91 bits per heavy atom. The molecule has 0 aromatic carbocycles. The molecule has 2 rings (SSSR count). The summed E-state index contributed by atoms with van der Waals surface area (Å²) in [7, 11) is -0.960. The zero-order chi connectivity index (χ0) is 17.4. The van der Waals surface area contributed by atoms with Gasteiger partial charge in [-0.05, 0) is 6.92 Å². The number of carbonyl (C=O) groups excluding carboxylic acids is 1. The van der Waals surface area contributed by atoms with Crippen LogP contribution < -0.4 is 0 Å². The Balaban J connectivity index is 2.43. The van der Waals surface area contributed by atoms with E-state index in [0.29, 0.717) is 11.2 Å². The average Bonchev–Trinajstić information content (AvgIpc) is 2.84. The molecule has 2 heterocycles. The van der Waals surface area contributed by atoms with Crippen molar-refractivity contribution >= 4 is 24.6 Å². The molecule has 7 nitrogen and oxygen atoms in total. The maximum absolute atomic E-state index is 12.3. The van der Waals surface area contributed by atoms with E-state index in [-0.39, 0.29) is 17.3 Å². The largest absolute Gasteiger partial charge is 0.441 e. The smallest absolute Gasteiger partial charge is 0.337 e. The molecule has 0 aliphatic carbocycles. The lowest BCUT2D eigenvalue weighted by Crippen LogP contribution is -2.11.